The Morgan fingerprint density at radius 1 is 1.33 bits per heavy atom. The summed E-state index contributed by atoms with van der Waals surface area (Å²) in [5.74, 6) is -1.59. The number of nitrogens with zero attached hydrogens (tertiary/aromatic N) is 1. The number of nitrogens with one attached hydrogen (secondary N) is 1. The van der Waals surface area contributed by atoms with E-state index >= 15 is 0 Å². The number of carbonyl (C=O) groups is 2. The predicted octanol–water partition coefficient (Wildman–Crippen LogP) is 3.35. The molecule has 0 bridgehead atoms. The van der Waals surface area contributed by atoms with Crippen molar-refractivity contribution in [2.75, 3.05) is 0 Å². The minimum Gasteiger partial charge on any atom is -0.476 e. The van der Waals surface area contributed by atoms with Crippen LogP contribution in [-0.2, 0) is 4.79 Å². The molecule has 7 heteroatoms. The lowest BCUT2D eigenvalue weighted by molar-refractivity contribution is -0.123. The standard InChI is InChI=1S/C17H17FN2O3S/c1-9(16-20-13(8-24-16)17(22)23)19-15(21)14(10-2-3-10)11-4-6-12(18)7-5-11/h4-10,14H,2-3H2,1H3,(H,19,21)(H,22,23). The van der Waals surface area contributed by atoms with Crippen molar-refractivity contribution in [3.05, 3.63) is 51.7 Å². The van der Waals surface area contributed by atoms with Crippen LogP contribution in [0.3, 0.4) is 0 Å². The molecule has 2 atom stereocenters. The Balaban J connectivity index is 1.73. The Labute approximate surface area is 142 Å². The lowest BCUT2D eigenvalue weighted by Gasteiger charge is -2.19. The Morgan fingerprint density at radius 2 is 2.00 bits per heavy atom. The molecule has 1 aromatic carbocycles. The number of carboxylic acids is 1. The number of benzene rings is 1. The van der Waals surface area contributed by atoms with Crippen molar-refractivity contribution in [1.29, 1.82) is 0 Å². The third-order valence-electron chi connectivity index (χ3n) is 4.08. The fourth-order valence-electron chi connectivity index (χ4n) is 2.69. The summed E-state index contributed by atoms with van der Waals surface area (Å²) in [5.41, 5.74) is 0.780. The van der Waals surface area contributed by atoms with E-state index in [0.717, 1.165) is 18.4 Å². The van der Waals surface area contributed by atoms with Gasteiger partial charge >= 0.3 is 5.97 Å². The van der Waals surface area contributed by atoms with Gasteiger partial charge in [-0.3, -0.25) is 4.79 Å². The number of amides is 1. The summed E-state index contributed by atoms with van der Waals surface area (Å²) in [5, 5.41) is 13.8. The van der Waals surface area contributed by atoms with Gasteiger partial charge in [-0.05, 0) is 43.4 Å². The van der Waals surface area contributed by atoms with E-state index in [1.165, 1.54) is 28.8 Å². The van der Waals surface area contributed by atoms with Crippen LogP contribution >= 0.6 is 11.3 Å². The number of carboxylic acid groups (broad SMARTS) is 1. The van der Waals surface area contributed by atoms with Gasteiger partial charge in [0, 0.05) is 5.38 Å². The van der Waals surface area contributed by atoms with E-state index < -0.39 is 5.97 Å². The Hall–Kier alpha value is -2.28. The van der Waals surface area contributed by atoms with E-state index in [4.69, 9.17) is 5.11 Å². The molecule has 24 heavy (non-hydrogen) atoms. The number of aromatic nitrogens is 1. The topological polar surface area (TPSA) is 79.3 Å². The molecule has 0 radical (unpaired) electrons. The molecule has 0 aliphatic heterocycles. The molecule has 1 aliphatic carbocycles. The maximum absolute atomic E-state index is 13.1. The lowest BCUT2D eigenvalue weighted by Crippen LogP contribution is -2.32. The summed E-state index contributed by atoms with van der Waals surface area (Å²) in [7, 11) is 0. The SMILES string of the molecule is CC(NC(=O)C(c1ccc(F)cc1)C1CC1)c1nc(C(=O)O)cs1. The summed E-state index contributed by atoms with van der Waals surface area (Å²) in [6.07, 6.45) is 1.95. The third-order valence-corrected chi connectivity index (χ3v) is 5.10. The Kier molecular flexibility index (Phi) is 4.62. The average molecular weight is 348 g/mol. The summed E-state index contributed by atoms with van der Waals surface area (Å²) >= 11 is 1.21. The molecule has 1 aromatic heterocycles. The van der Waals surface area contributed by atoms with Crippen LogP contribution in [-0.4, -0.2) is 22.0 Å². The molecule has 2 N–H and O–H groups in total. The molecule has 2 aromatic rings. The third kappa shape index (κ3) is 3.62. The van der Waals surface area contributed by atoms with E-state index in [1.807, 2.05) is 0 Å². The van der Waals surface area contributed by atoms with Gasteiger partial charge in [0.2, 0.25) is 5.91 Å². The molecule has 1 fully saturated rings. The van der Waals surface area contributed by atoms with Crippen molar-refractivity contribution in [2.24, 2.45) is 5.92 Å². The largest absolute Gasteiger partial charge is 0.476 e. The van der Waals surface area contributed by atoms with Crippen LogP contribution in [0.5, 0.6) is 0 Å². The van der Waals surface area contributed by atoms with Crippen LogP contribution in [0.2, 0.25) is 0 Å². The lowest BCUT2D eigenvalue weighted by atomic mass is 9.93. The highest BCUT2D eigenvalue weighted by Crippen LogP contribution is 2.43. The number of hydrogen-bond acceptors (Lipinski definition) is 4. The van der Waals surface area contributed by atoms with Gasteiger partial charge in [-0.1, -0.05) is 12.1 Å². The highest BCUT2D eigenvalue weighted by molar-refractivity contribution is 7.09. The molecule has 1 heterocycles. The smallest absolute Gasteiger partial charge is 0.355 e. The van der Waals surface area contributed by atoms with Gasteiger partial charge in [0.05, 0.1) is 12.0 Å². The molecule has 1 amide bonds. The normalized spacial score (nSPS) is 16.4. The first-order valence-corrected chi connectivity index (χ1v) is 8.58. The monoisotopic (exact) mass is 348 g/mol. The maximum atomic E-state index is 13.1. The summed E-state index contributed by atoms with van der Waals surface area (Å²) in [4.78, 5) is 27.6. The molecule has 5 nitrogen and oxygen atoms in total. The van der Waals surface area contributed by atoms with Crippen LogP contribution in [0.25, 0.3) is 0 Å². The summed E-state index contributed by atoms with van der Waals surface area (Å²) < 4.78 is 13.1. The van der Waals surface area contributed by atoms with Crippen LogP contribution in [0.4, 0.5) is 4.39 Å². The van der Waals surface area contributed by atoms with E-state index in [9.17, 15) is 14.0 Å². The molecular weight excluding hydrogens is 331 g/mol. The van der Waals surface area contributed by atoms with Crippen LogP contribution in [0, 0.1) is 11.7 Å². The molecule has 3 rings (SSSR count). The van der Waals surface area contributed by atoms with Gasteiger partial charge in [-0.2, -0.15) is 0 Å². The first-order valence-electron chi connectivity index (χ1n) is 7.70. The number of rotatable bonds is 6. The molecule has 2 unspecified atom stereocenters. The van der Waals surface area contributed by atoms with Gasteiger partial charge in [-0.15, -0.1) is 11.3 Å². The minimum atomic E-state index is -1.09. The van der Waals surface area contributed by atoms with Gasteiger partial charge in [0.1, 0.15) is 10.8 Å². The van der Waals surface area contributed by atoms with Gasteiger partial charge < -0.3 is 10.4 Å². The Morgan fingerprint density at radius 3 is 2.54 bits per heavy atom. The van der Waals surface area contributed by atoms with Crippen molar-refractivity contribution in [1.82, 2.24) is 10.3 Å². The second-order valence-corrected chi connectivity index (χ2v) is 6.86. The highest BCUT2D eigenvalue weighted by atomic mass is 32.1. The number of thiazole rings is 1. The zero-order chi connectivity index (χ0) is 17.3. The van der Waals surface area contributed by atoms with E-state index in [2.05, 4.69) is 10.3 Å². The minimum absolute atomic E-state index is 0.0200. The number of halogens is 1. The number of aromatic carboxylic acids is 1. The van der Waals surface area contributed by atoms with Gasteiger partial charge in [-0.25, -0.2) is 14.2 Å². The second-order valence-electron chi connectivity index (χ2n) is 5.97. The van der Waals surface area contributed by atoms with Crippen molar-refractivity contribution in [2.45, 2.75) is 31.7 Å². The molecule has 0 saturated heterocycles. The fourth-order valence-corrected chi connectivity index (χ4v) is 3.49. The first kappa shape index (κ1) is 16.6. The number of carbonyl (C=O) groups excluding carboxylic acids is 1. The fraction of sp³-hybridized carbons (Fsp3) is 0.353. The van der Waals surface area contributed by atoms with Crippen molar-refractivity contribution >= 4 is 23.2 Å². The van der Waals surface area contributed by atoms with E-state index in [0.29, 0.717) is 5.01 Å². The summed E-state index contributed by atoms with van der Waals surface area (Å²) in [6, 6.07) is 5.64. The Bertz CT molecular complexity index is 755. The highest BCUT2D eigenvalue weighted by Gasteiger charge is 2.37. The van der Waals surface area contributed by atoms with Crippen molar-refractivity contribution in [3.63, 3.8) is 0 Å². The zero-order valence-corrected chi connectivity index (χ0v) is 13.8. The van der Waals surface area contributed by atoms with E-state index in [1.54, 1.807) is 19.1 Å². The quantitative estimate of drug-likeness (QED) is 0.839. The van der Waals surface area contributed by atoms with Crippen molar-refractivity contribution in [3.8, 4) is 0 Å². The van der Waals surface area contributed by atoms with Crippen molar-refractivity contribution < 1.29 is 19.1 Å². The molecule has 0 spiro atoms. The predicted molar refractivity (Wildman–Crippen MR) is 87.5 cm³/mol. The second kappa shape index (κ2) is 6.68. The summed E-state index contributed by atoms with van der Waals surface area (Å²) in [6.45, 7) is 1.77. The maximum Gasteiger partial charge on any atom is 0.355 e. The average Bonchev–Trinajstić information content (AvgIpc) is 3.23. The van der Waals surface area contributed by atoms with Crippen LogP contribution in [0.15, 0.2) is 29.6 Å². The molecule has 1 saturated carbocycles. The van der Waals surface area contributed by atoms with Crippen LogP contribution in [0.1, 0.15) is 52.8 Å². The van der Waals surface area contributed by atoms with Crippen LogP contribution < -0.4 is 5.32 Å². The first-order chi connectivity index (χ1) is 11.5. The molecular formula is C17H17FN2O3S. The molecule has 126 valence electrons. The number of hydrogen-bond donors (Lipinski definition) is 2. The zero-order valence-electron chi connectivity index (χ0n) is 13.0. The van der Waals surface area contributed by atoms with E-state index in [-0.39, 0.29) is 35.3 Å². The molecule has 1 aliphatic rings. The van der Waals surface area contributed by atoms with Gasteiger partial charge in [0.25, 0.3) is 0 Å². The van der Waals surface area contributed by atoms with Gasteiger partial charge in [0.15, 0.2) is 5.69 Å².